The van der Waals surface area contributed by atoms with Gasteiger partial charge in [-0.3, -0.25) is 9.89 Å². The zero-order valence-electron chi connectivity index (χ0n) is 10.8. The summed E-state index contributed by atoms with van der Waals surface area (Å²) in [5.41, 5.74) is 6.63. The lowest BCUT2D eigenvalue weighted by Crippen LogP contribution is -2.53. The van der Waals surface area contributed by atoms with Gasteiger partial charge in [-0.25, -0.2) is 0 Å². The number of nitrogens with two attached hydrogens (primary N) is 1. The molecular weight excluding hydrogens is 264 g/mol. The van der Waals surface area contributed by atoms with Crippen LogP contribution in [0.25, 0.3) is 0 Å². The maximum Gasteiger partial charge on any atom is 0.269 e. The van der Waals surface area contributed by atoms with Gasteiger partial charge in [0.15, 0.2) is 0 Å². The van der Waals surface area contributed by atoms with Crippen LogP contribution in [0.1, 0.15) is 42.6 Å². The summed E-state index contributed by atoms with van der Waals surface area (Å²) in [5.74, 6) is 1.07. The highest BCUT2D eigenvalue weighted by atomic mass is 35.5. The van der Waals surface area contributed by atoms with Gasteiger partial charge < -0.3 is 11.1 Å². The van der Waals surface area contributed by atoms with Crippen LogP contribution in [0.4, 0.5) is 0 Å². The number of nitrogens with zero attached hydrogens (tertiary/aromatic N) is 1. The summed E-state index contributed by atoms with van der Waals surface area (Å²) in [6, 6.07) is 2.33. The van der Waals surface area contributed by atoms with E-state index < -0.39 is 0 Å². The van der Waals surface area contributed by atoms with Gasteiger partial charge in [-0.1, -0.05) is 6.42 Å². The fourth-order valence-electron chi connectivity index (χ4n) is 3.64. The first kappa shape index (κ1) is 14.3. The summed E-state index contributed by atoms with van der Waals surface area (Å²) in [6.07, 6.45) is 7.36. The number of fused-ring (bicyclic) bond motifs is 2. The van der Waals surface area contributed by atoms with Crippen molar-refractivity contribution in [1.29, 1.82) is 0 Å². The number of hydrogen-bond donors (Lipinski definition) is 3. The summed E-state index contributed by atoms with van der Waals surface area (Å²) >= 11 is 0. The summed E-state index contributed by atoms with van der Waals surface area (Å²) in [5, 5.41) is 9.71. The van der Waals surface area contributed by atoms with Crippen molar-refractivity contribution in [3.8, 4) is 0 Å². The first-order valence-corrected chi connectivity index (χ1v) is 6.80. The smallest absolute Gasteiger partial charge is 0.269 e. The van der Waals surface area contributed by atoms with E-state index in [0.717, 1.165) is 12.8 Å². The molecule has 0 spiro atoms. The molecule has 0 saturated heterocycles. The van der Waals surface area contributed by atoms with Gasteiger partial charge >= 0.3 is 0 Å². The van der Waals surface area contributed by atoms with Crippen LogP contribution in [0.3, 0.4) is 0 Å². The van der Waals surface area contributed by atoms with Crippen LogP contribution in [0.2, 0.25) is 0 Å². The Morgan fingerprint density at radius 1 is 1.37 bits per heavy atom. The minimum Gasteiger partial charge on any atom is -0.347 e. The zero-order chi connectivity index (χ0) is 12.5. The fraction of sp³-hybridized carbons (Fsp3) is 0.692. The molecule has 2 atom stereocenters. The molecule has 106 valence electrons. The van der Waals surface area contributed by atoms with Crippen molar-refractivity contribution in [2.75, 3.05) is 0 Å². The Balaban J connectivity index is 0.00000133. The Labute approximate surface area is 119 Å². The van der Waals surface area contributed by atoms with E-state index >= 15 is 0 Å². The quantitative estimate of drug-likeness (QED) is 0.769. The van der Waals surface area contributed by atoms with E-state index in [1.165, 1.54) is 19.3 Å². The third-order valence-electron chi connectivity index (χ3n) is 4.42. The van der Waals surface area contributed by atoms with E-state index in [-0.39, 0.29) is 18.3 Å². The lowest BCUT2D eigenvalue weighted by atomic mass is 9.67. The molecule has 5 nitrogen and oxygen atoms in total. The molecule has 0 aromatic carbocycles. The molecule has 2 fully saturated rings. The molecular formula is C13H21ClN4O. The second-order valence-corrected chi connectivity index (χ2v) is 5.65. The first-order valence-electron chi connectivity index (χ1n) is 6.80. The number of aromatic amines is 1. The molecule has 4 N–H and O–H groups in total. The monoisotopic (exact) mass is 284 g/mol. The number of amides is 1. The minimum absolute atomic E-state index is 0. The Morgan fingerprint density at radius 3 is 2.63 bits per heavy atom. The summed E-state index contributed by atoms with van der Waals surface area (Å²) in [6.45, 7) is 0. The number of rotatable bonds is 2. The molecule has 2 unspecified atom stereocenters. The highest BCUT2D eigenvalue weighted by Crippen LogP contribution is 2.39. The van der Waals surface area contributed by atoms with Crippen LogP contribution >= 0.6 is 12.4 Å². The van der Waals surface area contributed by atoms with Crippen molar-refractivity contribution in [2.45, 2.75) is 44.2 Å². The van der Waals surface area contributed by atoms with E-state index in [2.05, 4.69) is 15.5 Å². The van der Waals surface area contributed by atoms with Crippen LogP contribution in [-0.2, 0) is 0 Å². The van der Waals surface area contributed by atoms with Gasteiger partial charge in [-0.05, 0) is 43.6 Å². The van der Waals surface area contributed by atoms with Crippen LogP contribution < -0.4 is 11.1 Å². The Bertz CT molecular complexity index is 408. The number of nitrogens with one attached hydrogen (secondary N) is 2. The van der Waals surface area contributed by atoms with Crippen molar-refractivity contribution >= 4 is 18.3 Å². The van der Waals surface area contributed by atoms with Crippen molar-refractivity contribution in [2.24, 2.45) is 17.6 Å². The largest absolute Gasteiger partial charge is 0.347 e. The number of H-pyrrole nitrogens is 1. The van der Waals surface area contributed by atoms with Crippen LogP contribution in [0.15, 0.2) is 12.3 Å². The van der Waals surface area contributed by atoms with E-state index in [0.29, 0.717) is 29.6 Å². The molecule has 2 aliphatic carbocycles. The molecule has 0 radical (unpaired) electrons. The Morgan fingerprint density at radius 2 is 2.05 bits per heavy atom. The summed E-state index contributed by atoms with van der Waals surface area (Å²) in [7, 11) is 0. The van der Waals surface area contributed by atoms with Crippen molar-refractivity contribution < 1.29 is 4.79 Å². The molecule has 6 heteroatoms. The van der Waals surface area contributed by atoms with Gasteiger partial charge in [0.2, 0.25) is 0 Å². The van der Waals surface area contributed by atoms with Gasteiger partial charge in [0.05, 0.1) is 0 Å². The number of aromatic nitrogens is 2. The molecule has 1 amide bonds. The van der Waals surface area contributed by atoms with Crippen LogP contribution in [-0.4, -0.2) is 28.2 Å². The number of hydrogen-bond acceptors (Lipinski definition) is 3. The molecule has 1 aromatic rings. The molecule has 0 aliphatic heterocycles. The SMILES string of the molecule is Cl.NC1CC2CCCC(C1)C2NC(=O)c1ccn[nH]1. The Kier molecular flexibility index (Phi) is 4.47. The van der Waals surface area contributed by atoms with Gasteiger partial charge in [0, 0.05) is 18.3 Å². The van der Waals surface area contributed by atoms with Gasteiger partial charge in [0.25, 0.3) is 5.91 Å². The first-order chi connectivity index (χ1) is 8.74. The third-order valence-corrected chi connectivity index (χ3v) is 4.42. The van der Waals surface area contributed by atoms with E-state index in [1.54, 1.807) is 12.3 Å². The number of carbonyl (C=O) groups excluding carboxylic acids is 1. The van der Waals surface area contributed by atoms with Gasteiger partial charge in [-0.15, -0.1) is 12.4 Å². The maximum absolute atomic E-state index is 12.1. The minimum atomic E-state index is -0.0372. The van der Waals surface area contributed by atoms with Crippen molar-refractivity contribution in [3.63, 3.8) is 0 Å². The highest BCUT2D eigenvalue weighted by molar-refractivity contribution is 5.92. The topological polar surface area (TPSA) is 83.8 Å². The fourth-order valence-corrected chi connectivity index (χ4v) is 3.64. The van der Waals surface area contributed by atoms with Crippen LogP contribution in [0.5, 0.6) is 0 Å². The summed E-state index contributed by atoms with van der Waals surface area (Å²) < 4.78 is 0. The van der Waals surface area contributed by atoms with Crippen molar-refractivity contribution in [3.05, 3.63) is 18.0 Å². The average molecular weight is 285 g/mol. The summed E-state index contributed by atoms with van der Waals surface area (Å²) in [4.78, 5) is 12.1. The lowest BCUT2D eigenvalue weighted by molar-refractivity contribution is 0.0751. The molecule has 3 rings (SSSR count). The lowest BCUT2D eigenvalue weighted by Gasteiger charge is -2.45. The molecule has 19 heavy (non-hydrogen) atoms. The number of halogens is 1. The normalized spacial score (nSPS) is 33.3. The van der Waals surface area contributed by atoms with E-state index in [4.69, 9.17) is 5.73 Å². The average Bonchev–Trinajstić information content (AvgIpc) is 2.83. The Hall–Kier alpha value is -1.07. The van der Waals surface area contributed by atoms with Gasteiger partial charge in [0.1, 0.15) is 5.69 Å². The molecule has 2 bridgehead atoms. The second kappa shape index (κ2) is 5.92. The van der Waals surface area contributed by atoms with Gasteiger partial charge in [-0.2, -0.15) is 5.10 Å². The maximum atomic E-state index is 12.1. The highest BCUT2D eigenvalue weighted by Gasteiger charge is 2.40. The molecule has 1 aromatic heterocycles. The van der Waals surface area contributed by atoms with E-state index in [1.807, 2.05) is 0 Å². The van der Waals surface area contributed by atoms with E-state index in [9.17, 15) is 4.79 Å². The van der Waals surface area contributed by atoms with Crippen LogP contribution in [0, 0.1) is 11.8 Å². The predicted octanol–water partition coefficient (Wildman–Crippen LogP) is 1.47. The third kappa shape index (κ3) is 2.92. The standard InChI is InChI=1S/C13H20N4O.ClH/c14-10-6-8-2-1-3-9(7-10)12(8)16-13(18)11-4-5-15-17-11;/h4-5,8-10,12H,1-3,6-7,14H2,(H,15,17)(H,16,18);1H. The predicted molar refractivity (Wildman–Crippen MR) is 75.1 cm³/mol. The second-order valence-electron chi connectivity index (χ2n) is 5.65. The molecule has 2 saturated carbocycles. The zero-order valence-corrected chi connectivity index (χ0v) is 11.7. The molecule has 2 aliphatic rings. The molecule has 1 heterocycles. The van der Waals surface area contributed by atoms with Crippen molar-refractivity contribution in [1.82, 2.24) is 15.5 Å². The number of carbonyl (C=O) groups is 1.